The van der Waals surface area contributed by atoms with Crippen LogP contribution in [0.15, 0.2) is 48.5 Å². The predicted octanol–water partition coefficient (Wildman–Crippen LogP) is 3.98. The molecular weight excluding hydrogens is 353 g/mol. The molecule has 0 saturated heterocycles. The molecule has 0 bridgehead atoms. The number of alkyl halides is 3. The van der Waals surface area contributed by atoms with E-state index in [0.29, 0.717) is 5.56 Å². The smallest absolute Gasteiger partial charge is 0.416 e. The van der Waals surface area contributed by atoms with Crippen LogP contribution in [0.4, 0.5) is 18.9 Å². The van der Waals surface area contributed by atoms with Crippen LogP contribution in [0.5, 0.6) is 5.75 Å². The third-order valence-corrected chi connectivity index (χ3v) is 3.43. The molecule has 134 valence electrons. The number of hydrogen-bond donors (Lipinski definition) is 1. The van der Waals surface area contributed by atoms with E-state index in [9.17, 15) is 23.3 Å². The number of ether oxygens (including phenoxy) is 1. The minimum Gasteiger partial charge on any atom is -0.479 e. The molecule has 1 heterocycles. The molecule has 0 fully saturated rings. The normalized spacial score (nSPS) is 11.3. The fourth-order valence-electron chi connectivity index (χ4n) is 2.17. The molecule has 0 amide bonds. The van der Waals surface area contributed by atoms with Crippen LogP contribution in [-0.2, 0) is 12.8 Å². The van der Waals surface area contributed by atoms with Gasteiger partial charge in [-0.25, -0.2) is 4.98 Å². The lowest BCUT2D eigenvalue weighted by atomic mass is 10.1. The number of benzene rings is 2. The summed E-state index contributed by atoms with van der Waals surface area (Å²) < 4.78 is 43.1. The van der Waals surface area contributed by atoms with Crippen molar-refractivity contribution >= 4 is 5.69 Å². The van der Waals surface area contributed by atoms with Crippen LogP contribution < -0.4 is 4.74 Å². The Balaban J connectivity index is 1.72. The maximum atomic E-state index is 12.6. The van der Waals surface area contributed by atoms with Crippen molar-refractivity contribution in [3.8, 4) is 17.1 Å². The van der Waals surface area contributed by atoms with Crippen LogP contribution in [0.2, 0.25) is 0 Å². The molecule has 10 heteroatoms. The Labute approximate surface area is 144 Å². The standard InChI is InChI=1S/C16H11F3N4O3/c17-16(18,19)11-7-5-10(6-8-11)15-20-14(21-22-15)9-26-13-4-2-1-3-12(13)23(24)25/h1-8H,9H2,(H,20,21,22). The Morgan fingerprint density at radius 1 is 1.12 bits per heavy atom. The second-order valence-corrected chi connectivity index (χ2v) is 5.19. The van der Waals surface area contributed by atoms with Crippen LogP contribution in [-0.4, -0.2) is 20.1 Å². The van der Waals surface area contributed by atoms with Crippen molar-refractivity contribution < 1.29 is 22.8 Å². The topological polar surface area (TPSA) is 93.9 Å². The summed E-state index contributed by atoms with van der Waals surface area (Å²) in [6, 6.07) is 10.3. The number of aromatic amines is 1. The fourth-order valence-corrected chi connectivity index (χ4v) is 2.17. The van der Waals surface area contributed by atoms with Gasteiger partial charge in [0.25, 0.3) is 0 Å². The fraction of sp³-hybridized carbons (Fsp3) is 0.125. The SMILES string of the molecule is O=[N+]([O-])c1ccccc1OCc1nc(-c2ccc(C(F)(F)F)cc2)n[nH]1. The summed E-state index contributed by atoms with van der Waals surface area (Å²) in [7, 11) is 0. The van der Waals surface area contributed by atoms with Crippen molar-refractivity contribution in [2.45, 2.75) is 12.8 Å². The van der Waals surface area contributed by atoms with Crippen molar-refractivity contribution in [2.75, 3.05) is 0 Å². The minimum absolute atomic E-state index is 0.0741. The summed E-state index contributed by atoms with van der Waals surface area (Å²) in [5, 5.41) is 17.4. The number of para-hydroxylation sites is 2. The minimum atomic E-state index is -4.42. The van der Waals surface area contributed by atoms with E-state index in [0.717, 1.165) is 12.1 Å². The first kappa shape index (κ1) is 17.4. The van der Waals surface area contributed by atoms with E-state index in [1.165, 1.54) is 30.3 Å². The van der Waals surface area contributed by atoms with E-state index in [2.05, 4.69) is 15.2 Å². The highest BCUT2D eigenvalue weighted by Gasteiger charge is 2.30. The molecule has 3 aromatic rings. The van der Waals surface area contributed by atoms with Gasteiger partial charge in [-0.3, -0.25) is 15.2 Å². The van der Waals surface area contributed by atoms with Gasteiger partial charge < -0.3 is 4.74 Å². The lowest BCUT2D eigenvalue weighted by Crippen LogP contribution is -2.04. The summed E-state index contributed by atoms with van der Waals surface area (Å²) in [5.41, 5.74) is -0.558. The lowest BCUT2D eigenvalue weighted by molar-refractivity contribution is -0.385. The molecule has 0 radical (unpaired) electrons. The number of nitrogens with one attached hydrogen (secondary N) is 1. The quantitative estimate of drug-likeness (QED) is 0.546. The van der Waals surface area contributed by atoms with Crippen molar-refractivity contribution in [1.29, 1.82) is 0 Å². The second kappa shape index (κ2) is 6.82. The molecule has 26 heavy (non-hydrogen) atoms. The van der Waals surface area contributed by atoms with E-state index in [1.807, 2.05) is 0 Å². The van der Waals surface area contributed by atoms with Crippen LogP contribution in [0, 0.1) is 10.1 Å². The van der Waals surface area contributed by atoms with E-state index in [-0.39, 0.29) is 29.7 Å². The molecule has 1 aromatic heterocycles. The lowest BCUT2D eigenvalue weighted by Gasteiger charge is -2.06. The number of hydrogen-bond acceptors (Lipinski definition) is 5. The second-order valence-electron chi connectivity index (χ2n) is 5.19. The van der Waals surface area contributed by atoms with Crippen LogP contribution >= 0.6 is 0 Å². The van der Waals surface area contributed by atoms with Gasteiger partial charge in [-0.2, -0.15) is 18.3 Å². The van der Waals surface area contributed by atoms with E-state index >= 15 is 0 Å². The molecule has 0 aliphatic heterocycles. The molecular formula is C16H11F3N4O3. The Morgan fingerprint density at radius 2 is 1.81 bits per heavy atom. The number of nitro benzene ring substituents is 1. The Bertz CT molecular complexity index is 923. The van der Waals surface area contributed by atoms with Crippen LogP contribution in [0.3, 0.4) is 0 Å². The Hall–Kier alpha value is -3.43. The highest BCUT2D eigenvalue weighted by atomic mass is 19.4. The first-order valence-electron chi connectivity index (χ1n) is 7.30. The molecule has 1 N–H and O–H groups in total. The monoisotopic (exact) mass is 364 g/mol. The maximum Gasteiger partial charge on any atom is 0.416 e. The summed E-state index contributed by atoms with van der Waals surface area (Å²) in [4.78, 5) is 14.5. The van der Waals surface area contributed by atoms with Gasteiger partial charge in [0.15, 0.2) is 17.4 Å². The van der Waals surface area contributed by atoms with Gasteiger partial charge >= 0.3 is 11.9 Å². The number of rotatable bonds is 5. The average Bonchev–Trinajstić information content (AvgIpc) is 3.08. The zero-order chi connectivity index (χ0) is 18.7. The van der Waals surface area contributed by atoms with Gasteiger partial charge in [-0.1, -0.05) is 24.3 Å². The molecule has 0 aliphatic carbocycles. The number of aromatic nitrogens is 3. The molecule has 2 aromatic carbocycles. The number of nitro groups is 1. The van der Waals surface area contributed by atoms with E-state index in [1.54, 1.807) is 6.07 Å². The average molecular weight is 364 g/mol. The highest BCUT2D eigenvalue weighted by Crippen LogP contribution is 2.30. The summed E-state index contributed by atoms with van der Waals surface area (Å²) in [6.07, 6.45) is -4.42. The largest absolute Gasteiger partial charge is 0.479 e. The van der Waals surface area contributed by atoms with Crippen molar-refractivity contribution in [3.63, 3.8) is 0 Å². The molecule has 0 aliphatic rings. The summed E-state index contributed by atoms with van der Waals surface area (Å²) in [5.74, 6) is 0.544. The van der Waals surface area contributed by atoms with Gasteiger partial charge in [0.05, 0.1) is 10.5 Å². The zero-order valence-corrected chi connectivity index (χ0v) is 13.0. The Kier molecular flexibility index (Phi) is 4.57. The van der Waals surface area contributed by atoms with E-state index < -0.39 is 16.7 Å². The third-order valence-electron chi connectivity index (χ3n) is 3.43. The summed E-state index contributed by atoms with van der Waals surface area (Å²) >= 11 is 0. The molecule has 0 spiro atoms. The number of H-pyrrole nitrogens is 1. The first-order valence-corrected chi connectivity index (χ1v) is 7.30. The highest BCUT2D eigenvalue weighted by molar-refractivity contribution is 5.55. The molecule has 0 unspecified atom stereocenters. The maximum absolute atomic E-state index is 12.6. The van der Waals surface area contributed by atoms with Crippen LogP contribution in [0.25, 0.3) is 11.4 Å². The first-order chi connectivity index (χ1) is 12.3. The summed E-state index contributed by atoms with van der Waals surface area (Å²) in [6.45, 7) is -0.113. The molecule has 7 nitrogen and oxygen atoms in total. The van der Waals surface area contributed by atoms with Crippen LogP contribution in [0.1, 0.15) is 11.4 Å². The van der Waals surface area contributed by atoms with Crippen molar-refractivity contribution in [3.05, 3.63) is 70.0 Å². The number of nitrogens with zero attached hydrogens (tertiary/aromatic N) is 3. The van der Waals surface area contributed by atoms with Gasteiger partial charge in [-0.15, -0.1) is 0 Å². The predicted molar refractivity (Wildman–Crippen MR) is 84.2 cm³/mol. The Morgan fingerprint density at radius 3 is 2.46 bits per heavy atom. The molecule has 0 atom stereocenters. The van der Waals surface area contributed by atoms with Gasteiger partial charge in [0.1, 0.15) is 6.61 Å². The molecule has 3 rings (SSSR count). The third kappa shape index (κ3) is 3.79. The van der Waals surface area contributed by atoms with E-state index in [4.69, 9.17) is 4.74 Å². The molecule has 0 saturated carbocycles. The van der Waals surface area contributed by atoms with Gasteiger partial charge in [0.2, 0.25) is 0 Å². The van der Waals surface area contributed by atoms with Crippen molar-refractivity contribution in [1.82, 2.24) is 15.2 Å². The number of halogens is 3. The van der Waals surface area contributed by atoms with Gasteiger partial charge in [0, 0.05) is 11.6 Å². The van der Waals surface area contributed by atoms with Gasteiger partial charge in [-0.05, 0) is 18.2 Å². The van der Waals surface area contributed by atoms with Crippen molar-refractivity contribution in [2.24, 2.45) is 0 Å². The zero-order valence-electron chi connectivity index (χ0n) is 13.0.